The molecule has 6 heteroatoms. The second kappa shape index (κ2) is 5.81. The number of anilines is 1. The van der Waals surface area contributed by atoms with Crippen LogP contribution in [-0.2, 0) is 6.42 Å². The van der Waals surface area contributed by atoms with E-state index in [0.29, 0.717) is 17.2 Å². The maximum absolute atomic E-state index is 12.1. The predicted molar refractivity (Wildman–Crippen MR) is 72.6 cm³/mol. The molecule has 106 valence electrons. The van der Waals surface area contributed by atoms with Crippen LogP contribution in [0.25, 0.3) is 11.4 Å². The molecule has 0 fully saturated rings. The van der Waals surface area contributed by atoms with Crippen LogP contribution in [0, 0.1) is 6.92 Å². The van der Waals surface area contributed by atoms with Crippen LogP contribution in [0.15, 0.2) is 24.3 Å². The van der Waals surface area contributed by atoms with Crippen LogP contribution in [0.1, 0.15) is 18.2 Å². The summed E-state index contributed by atoms with van der Waals surface area (Å²) in [5, 5.41) is 0. The molecule has 0 spiro atoms. The topological polar surface area (TPSA) is 61.0 Å². The Balaban J connectivity index is 2.32. The molecule has 0 bridgehead atoms. The number of nitrogen functional groups attached to an aromatic ring is 1. The molecule has 2 rings (SSSR count). The molecule has 0 unspecified atom stereocenters. The van der Waals surface area contributed by atoms with E-state index >= 15 is 0 Å². The number of alkyl halides is 2. The van der Waals surface area contributed by atoms with Gasteiger partial charge in [0, 0.05) is 16.8 Å². The lowest BCUT2D eigenvalue weighted by atomic mass is 10.1. The van der Waals surface area contributed by atoms with Gasteiger partial charge in [-0.15, -0.1) is 0 Å². The molecule has 2 aromatic rings. The van der Waals surface area contributed by atoms with Crippen LogP contribution in [0.3, 0.4) is 0 Å². The number of aromatic nitrogens is 2. The molecule has 0 atom stereocenters. The third-order valence-electron chi connectivity index (χ3n) is 2.94. The lowest BCUT2D eigenvalue weighted by molar-refractivity contribution is -0.0498. The quantitative estimate of drug-likeness (QED) is 0.933. The van der Waals surface area contributed by atoms with Gasteiger partial charge in [-0.1, -0.05) is 6.92 Å². The molecule has 4 nitrogen and oxygen atoms in total. The van der Waals surface area contributed by atoms with E-state index in [4.69, 9.17) is 5.73 Å². The van der Waals surface area contributed by atoms with E-state index in [2.05, 4.69) is 14.7 Å². The zero-order valence-electron chi connectivity index (χ0n) is 11.2. The summed E-state index contributed by atoms with van der Waals surface area (Å²) < 4.78 is 28.4. The molecule has 0 saturated carbocycles. The van der Waals surface area contributed by atoms with E-state index in [1.165, 1.54) is 12.1 Å². The van der Waals surface area contributed by atoms with E-state index in [-0.39, 0.29) is 5.75 Å². The number of rotatable bonds is 4. The van der Waals surface area contributed by atoms with Crippen LogP contribution in [0.5, 0.6) is 5.75 Å². The van der Waals surface area contributed by atoms with Gasteiger partial charge in [0.15, 0.2) is 5.82 Å². The maximum Gasteiger partial charge on any atom is 0.387 e. The van der Waals surface area contributed by atoms with Crippen molar-refractivity contribution in [3.8, 4) is 17.1 Å². The monoisotopic (exact) mass is 279 g/mol. The summed E-state index contributed by atoms with van der Waals surface area (Å²) >= 11 is 0. The van der Waals surface area contributed by atoms with Gasteiger partial charge < -0.3 is 10.5 Å². The van der Waals surface area contributed by atoms with Crippen molar-refractivity contribution in [3.63, 3.8) is 0 Å². The van der Waals surface area contributed by atoms with Crippen molar-refractivity contribution in [2.24, 2.45) is 0 Å². The van der Waals surface area contributed by atoms with Gasteiger partial charge in [-0.25, -0.2) is 9.97 Å². The van der Waals surface area contributed by atoms with Crippen LogP contribution in [-0.4, -0.2) is 16.6 Å². The maximum atomic E-state index is 12.1. The number of aryl methyl sites for hydroxylation is 1. The fourth-order valence-corrected chi connectivity index (χ4v) is 1.97. The third kappa shape index (κ3) is 3.01. The van der Waals surface area contributed by atoms with Crippen molar-refractivity contribution in [1.82, 2.24) is 9.97 Å². The van der Waals surface area contributed by atoms with Crippen molar-refractivity contribution in [3.05, 3.63) is 35.5 Å². The van der Waals surface area contributed by atoms with Crippen molar-refractivity contribution >= 4 is 5.82 Å². The van der Waals surface area contributed by atoms with Crippen LogP contribution >= 0.6 is 0 Å². The molecule has 2 N–H and O–H groups in total. The number of nitrogens with two attached hydrogens (primary N) is 1. The molecule has 1 aromatic heterocycles. The minimum absolute atomic E-state index is 0.0959. The normalized spacial score (nSPS) is 10.8. The summed E-state index contributed by atoms with van der Waals surface area (Å²) in [6, 6.07) is 6.14. The molecular formula is C14H15F2N3O. The van der Waals surface area contributed by atoms with Gasteiger partial charge in [0.05, 0.1) is 0 Å². The number of benzene rings is 1. The number of ether oxygens (including phenoxy) is 1. The first-order valence-electron chi connectivity index (χ1n) is 6.19. The van der Waals surface area contributed by atoms with Gasteiger partial charge in [0.1, 0.15) is 11.6 Å². The SMILES string of the molecule is CCc1c(C)nc(-c2ccc(OC(F)F)cc2)nc1N. The van der Waals surface area contributed by atoms with Crippen molar-refractivity contribution < 1.29 is 13.5 Å². The molecule has 0 aliphatic carbocycles. The fraction of sp³-hybridized carbons (Fsp3) is 0.286. The van der Waals surface area contributed by atoms with E-state index in [1.807, 2.05) is 13.8 Å². The lowest BCUT2D eigenvalue weighted by Gasteiger charge is -2.09. The predicted octanol–water partition coefficient (Wildman–Crippen LogP) is 3.20. The van der Waals surface area contributed by atoms with Gasteiger partial charge in [-0.05, 0) is 37.6 Å². The molecular weight excluding hydrogens is 264 g/mol. The average Bonchev–Trinajstić information content (AvgIpc) is 2.38. The van der Waals surface area contributed by atoms with Gasteiger partial charge in [0.2, 0.25) is 0 Å². The Morgan fingerprint density at radius 3 is 2.35 bits per heavy atom. The third-order valence-corrected chi connectivity index (χ3v) is 2.94. The van der Waals surface area contributed by atoms with Gasteiger partial charge in [0.25, 0.3) is 0 Å². The fourth-order valence-electron chi connectivity index (χ4n) is 1.97. The summed E-state index contributed by atoms with van der Waals surface area (Å²) in [6.07, 6.45) is 0.763. The highest BCUT2D eigenvalue weighted by Crippen LogP contribution is 2.23. The molecule has 0 saturated heterocycles. The van der Waals surface area contributed by atoms with Crippen LogP contribution < -0.4 is 10.5 Å². The Hall–Kier alpha value is -2.24. The summed E-state index contributed by atoms with van der Waals surface area (Å²) in [6.45, 7) is 1.02. The first-order valence-corrected chi connectivity index (χ1v) is 6.19. The molecule has 1 aromatic carbocycles. The highest BCUT2D eigenvalue weighted by molar-refractivity contribution is 5.59. The largest absolute Gasteiger partial charge is 0.435 e. The summed E-state index contributed by atoms with van der Waals surface area (Å²) in [5.74, 6) is 1.02. The summed E-state index contributed by atoms with van der Waals surface area (Å²) in [4.78, 5) is 8.63. The molecule has 0 amide bonds. The number of nitrogens with zero attached hydrogens (tertiary/aromatic N) is 2. The van der Waals surface area contributed by atoms with E-state index < -0.39 is 6.61 Å². The van der Waals surface area contributed by atoms with E-state index in [0.717, 1.165) is 17.7 Å². The Bertz CT molecular complexity index is 577. The summed E-state index contributed by atoms with van der Waals surface area (Å²) in [7, 11) is 0. The van der Waals surface area contributed by atoms with Gasteiger partial charge in [-0.2, -0.15) is 8.78 Å². The Morgan fingerprint density at radius 1 is 1.20 bits per heavy atom. The van der Waals surface area contributed by atoms with Crippen molar-refractivity contribution in [1.29, 1.82) is 0 Å². The zero-order chi connectivity index (χ0) is 14.7. The second-order valence-electron chi connectivity index (χ2n) is 4.25. The molecule has 0 radical (unpaired) electrons. The Kier molecular flexibility index (Phi) is 4.12. The molecule has 1 heterocycles. The molecule has 0 aliphatic rings. The Morgan fingerprint density at radius 2 is 1.85 bits per heavy atom. The van der Waals surface area contributed by atoms with Gasteiger partial charge in [-0.3, -0.25) is 0 Å². The van der Waals surface area contributed by atoms with Crippen LogP contribution in [0.2, 0.25) is 0 Å². The van der Waals surface area contributed by atoms with Crippen LogP contribution in [0.4, 0.5) is 14.6 Å². The standard InChI is InChI=1S/C14H15F2N3O/c1-3-11-8(2)18-13(19-12(11)17)9-4-6-10(7-5-9)20-14(15)16/h4-7,14H,3H2,1-2H3,(H2,17,18,19). The molecule has 0 aliphatic heterocycles. The lowest BCUT2D eigenvalue weighted by Crippen LogP contribution is -2.04. The second-order valence-corrected chi connectivity index (χ2v) is 4.25. The van der Waals surface area contributed by atoms with Gasteiger partial charge >= 0.3 is 6.61 Å². The smallest absolute Gasteiger partial charge is 0.387 e. The highest BCUT2D eigenvalue weighted by atomic mass is 19.3. The Labute approximate surface area is 115 Å². The molecule has 20 heavy (non-hydrogen) atoms. The van der Waals surface area contributed by atoms with E-state index in [9.17, 15) is 8.78 Å². The zero-order valence-corrected chi connectivity index (χ0v) is 11.2. The average molecular weight is 279 g/mol. The van der Waals surface area contributed by atoms with E-state index in [1.54, 1.807) is 12.1 Å². The van der Waals surface area contributed by atoms with Crippen molar-refractivity contribution in [2.45, 2.75) is 26.9 Å². The highest BCUT2D eigenvalue weighted by Gasteiger charge is 2.10. The number of hydrogen-bond acceptors (Lipinski definition) is 4. The summed E-state index contributed by atoms with van der Waals surface area (Å²) in [5.41, 5.74) is 8.33. The van der Waals surface area contributed by atoms with Crippen molar-refractivity contribution in [2.75, 3.05) is 5.73 Å². The number of halogens is 2. The number of hydrogen-bond donors (Lipinski definition) is 1. The first-order chi connectivity index (χ1) is 9.51. The minimum Gasteiger partial charge on any atom is -0.435 e. The first kappa shape index (κ1) is 14.2. The minimum atomic E-state index is -2.83.